The highest BCUT2D eigenvalue weighted by molar-refractivity contribution is 5.93. The minimum absolute atomic E-state index is 0.398. The fourth-order valence-corrected chi connectivity index (χ4v) is 1.00. The predicted molar refractivity (Wildman–Crippen MR) is 54.8 cm³/mol. The number of ether oxygens (including phenoxy) is 1. The number of carbonyl (C=O) groups excluding carboxylic acids is 2. The van der Waals surface area contributed by atoms with Crippen molar-refractivity contribution >= 4 is 17.6 Å². The zero-order valence-electron chi connectivity index (χ0n) is 8.87. The fraction of sp³-hybridized carbons (Fsp3) is 0.200. The van der Waals surface area contributed by atoms with E-state index < -0.39 is 40.9 Å². The number of hydrogen-bond acceptors (Lipinski definition) is 4. The van der Waals surface area contributed by atoms with Crippen LogP contribution in [0.3, 0.4) is 0 Å². The average Bonchev–Trinajstić information content (AvgIpc) is 2.22. The average molecular weight is 244 g/mol. The first-order chi connectivity index (χ1) is 7.82. The molecule has 1 atom stereocenters. The van der Waals surface area contributed by atoms with E-state index >= 15 is 0 Å². The molecule has 0 aromatic heterocycles. The number of halogens is 2. The number of nitrogen functional groups attached to an aromatic ring is 1. The quantitative estimate of drug-likeness (QED) is 0.600. The highest BCUT2D eigenvalue weighted by atomic mass is 19.1. The van der Waals surface area contributed by atoms with Crippen LogP contribution in [-0.4, -0.2) is 18.0 Å². The van der Waals surface area contributed by atoms with Gasteiger partial charge in [-0.3, -0.25) is 4.79 Å². The van der Waals surface area contributed by atoms with Crippen molar-refractivity contribution in [2.45, 2.75) is 13.0 Å². The van der Waals surface area contributed by atoms with Crippen molar-refractivity contribution in [2.75, 3.05) is 5.73 Å². The van der Waals surface area contributed by atoms with Gasteiger partial charge in [0.05, 0.1) is 11.3 Å². The molecule has 4 N–H and O–H groups in total. The molecule has 0 spiro atoms. The third kappa shape index (κ3) is 2.90. The zero-order chi connectivity index (χ0) is 13.2. The number of benzene rings is 1. The highest BCUT2D eigenvalue weighted by Crippen LogP contribution is 2.17. The Bertz CT molecular complexity index is 477. The van der Waals surface area contributed by atoms with Crippen molar-refractivity contribution in [1.29, 1.82) is 0 Å². The molecule has 92 valence electrons. The molecule has 0 saturated carbocycles. The Morgan fingerprint density at radius 3 is 2.41 bits per heavy atom. The van der Waals surface area contributed by atoms with Gasteiger partial charge in [-0.25, -0.2) is 13.6 Å². The summed E-state index contributed by atoms with van der Waals surface area (Å²) in [5, 5.41) is 0. The Kier molecular flexibility index (Phi) is 3.62. The molecule has 1 aromatic carbocycles. The van der Waals surface area contributed by atoms with E-state index in [9.17, 15) is 18.4 Å². The van der Waals surface area contributed by atoms with E-state index in [1.807, 2.05) is 0 Å². The lowest BCUT2D eigenvalue weighted by molar-refractivity contribution is -0.125. The van der Waals surface area contributed by atoms with Crippen molar-refractivity contribution in [1.82, 2.24) is 0 Å². The van der Waals surface area contributed by atoms with Crippen LogP contribution in [0, 0.1) is 11.6 Å². The van der Waals surface area contributed by atoms with E-state index in [2.05, 4.69) is 4.74 Å². The number of carbonyl (C=O) groups is 2. The van der Waals surface area contributed by atoms with E-state index in [1.165, 1.54) is 6.92 Å². The summed E-state index contributed by atoms with van der Waals surface area (Å²) in [6.45, 7) is 1.23. The van der Waals surface area contributed by atoms with Gasteiger partial charge in [-0.1, -0.05) is 0 Å². The monoisotopic (exact) mass is 244 g/mol. The van der Waals surface area contributed by atoms with Crippen molar-refractivity contribution in [2.24, 2.45) is 5.73 Å². The summed E-state index contributed by atoms with van der Waals surface area (Å²) in [4.78, 5) is 22.0. The van der Waals surface area contributed by atoms with Crippen LogP contribution in [0.1, 0.15) is 17.3 Å². The van der Waals surface area contributed by atoms with Crippen LogP contribution < -0.4 is 11.5 Å². The van der Waals surface area contributed by atoms with Gasteiger partial charge in [0, 0.05) is 6.07 Å². The molecule has 0 heterocycles. The molecule has 17 heavy (non-hydrogen) atoms. The van der Waals surface area contributed by atoms with Crippen molar-refractivity contribution in [3.8, 4) is 0 Å². The molecule has 1 amide bonds. The van der Waals surface area contributed by atoms with Gasteiger partial charge >= 0.3 is 5.97 Å². The Labute approximate surface area is 95.3 Å². The summed E-state index contributed by atoms with van der Waals surface area (Å²) in [5.41, 5.74) is 9.08. The van der Waals surface area contributed by atoms with Crippen LogP contribution in [0.15, 0.2) is 12.1 Å². The number of anilines is 1. The summed E-state index contributed by atoms with van der Waals surface area (Å²) < 4.78 is 30.6. The number of rotatable bonds is 3. The molecule has 1 aromatic rings. The molecular formula is C10H10F2N2O3. The molecule has 0 aliphatic rings. The summed E-state index contributed by atoms with van der Waals surface area (Å²) in [7, 11) is 0. The van der Waals surface area contributed by atoms with E-state index in [4.69, 9.17) is 11.5 Å². The lowest BCUT2D eigenvalue weighted by atomic mass is 10.2. The van der Waals surface area contributed by atoms with E-state index in [-0.39, 0.29) is 0 Å². The maximum absolute atomic E-state index is 13.2. The first-order valence-corrected chi connectivity index (χ1v) is 4.57. The molecule has 0 saturated heterocycles. The number of esters is 1. The van der Waals surface area contributed by atoms with Crippen LogP contribution in [0.25, 0.3) is 0 Å². The topological polar surface area (TPSA) is 95.4 Å². The van der Waals surface area contributed by atoms with Gasteiger partial charge in [0.25, 0.3) is 5.91 Å². The van der Waals surface area contributed by atoms with Crippen molar-refractivity contribution < 1.29 is 23.1 Å². The standard InChI is InChI=1S/C10H10F2N2O3/c1-4(9(14)15)17-10(16)5-2-8(13)7(12)3-6(5)11/h2-4H,13H2,1H3,(H2,14,15). The molecule has 0 fully saturated rings. The molecule has 1 rings (SSSR count). The minimum atomic E-state index is -1.21. The molecule has 5 nitrogen and oxygen atoms in total. The second kappa shape index (κ2) is 4.77. The van der Waals surface area contributed by atoms with Crippen molar-refractivity contribution in [3.05, 3.63) is 29.3 Å². The number of amides is 1. The highest BCUT2D eigenvalue weighted by Gasteiger charge is 2.20. The molecule has 1 unspecified atom stereocenters. The second-order valence-electron chi connectivity index (χ2n) is 3.30. The van der Waals surface area contributed by atoms with E-state index in [0.29, 0.717) is 6.07 Å². The maximum atomic E-state index is 13.2. The van der Waals surface area contributed by atoms with Gasteiger partial charge in [-0.15, -0.1) is 0 Å². The summed E-state index contributed by atoms with van der Waals surface area (Å²) in [6.07, 6.45) is -1.21. The van der Waals surface area contributed by atoms with Crippen LogP contribution in [0.4, 0.5) is 14.5 Å². The molecule has 0 aliphatic carbocycles. The smallest absolute Gasteiger partial charge is 0.341 e. The zero-order valence-corrected chi connectivity index (χ0v) is 8.87. The summed E-state index contributed by atoms with van der Waals surface area (Å²) in [6, 6.07) is 1.25. The van der Waals surface area contributed by atoms with Crippen LogP contribution in [-0.2, 0) is 9.53 Å². The van der Waals surface area contributed by atoms with Gasteiger partial charge in [-0.2, -0.15) is 0 Å². The normalized spacial score (nSPS) is 11.9. The SMILES string of the molecule is CC(OC(=O)c1cc(N)c(F)cc1F)C(N)=O. The third-order valence-electron chi connectivity index (χ3n) is 1.99. The Balaban J connectivity index is 2.97. The molecule has 0 radical (unpaired) electrons. The third-order valence-corrected chi connectivity index (χ3v) is 1.99. The largest absolute Gasteiger partial charge is 0.449 e. The first kappa shape index (κ1) is 12.9. The Morgan fingerprint density at radius 1 is 1.29 bits per heavy atom. The lowest BCUT2D eigenvalue weighted by Crippen LogP contribution is -2.30. The number of nitrogens with two attached hydrogens (primary N) is 2. The summed E-state index contributed by atoms with van der Waals surface area (Å²) in [5.74, 6) is -4.13. The van der Waals surface area contributed by atoms with Gasteiger partial charge in [0.1, 0.15) is 11.6 Å². The van der Waals surface area contributed by atoms with Crippen LogP contribution in [0.5, 0.6) is 0 Å². The van der Waals surface area contributed by atoms with Crippen LogP contribution >= 0.6 is 0 Å². The maximum Gasteiger partial charge on any atom is 0.341 e. The predicted octanol–water partition coefficient (Wildman–Crippen LogP) is 0.578. The fourth-order valence-electron chi connectivity index (χ4n) is 1.00. The van der Waals surface area contributed by atoms with Gasteiger partial charge in [0.15, 0.2) is 6.10 Å². The number of primary amides is 1. The number of hydrogen-bond donors (Lipinski definition) is 2. The Morgan fingerprint density at radius 2 is 1.88 bits per heavy atom. The van der Waals surface area contributed by atoms with Crippen molar-refractivity contribution in [3.63, 3.8) is 0 Å². The van der Waals surface area contributed by atoms with E-state index in [0.717, 1.165) is 6.07 Å². The summed E-state index contributed by atoms with van der Waals surface area (Å²) >= 11 is 0. The van der Waals surface area contributed by atoms with Gasteiger partial charge < -0.3 is 16.2 Å². The lowest BCUT2D eigenvalue weighted by Gasteiger charge is -2.10. The van der Waals surface area contributed by atoms with Crippen LogP contribution in [0.2, 0.25) is 0 Å². The molecular weight excluding hydrogens is 234 g/mol. The second-order valence-corrected chi connectivity index (χ2v) is 3.30. The first-order valence-electron chi connectivity index (χ1n) is 4.57. The minimum Gasteiger partial charge on any atom is -0.449 e. The van der Waals surface area contributed by atoms with E-state index in [1.54, 1.807) is 0 Å². The van der Waals surface area contributed by atoms with Gasteiger partial charge in [-0.05, 0) is 13.0 Å². The Hall–Kier alpha value is -2.18. The van der Waals surface area contributed by atoms with Gasteiger partial charge in [0.2, 0.25) is 0 Å². The molecule has 0 aliphatic heterocycles. The molecule has 0 bridgehead atoms. The molecule has 7 heteroatoms.